The third kappa shape index (κ3) is 7.25. The Labute approximate surface area is 364 Å². The summed E-state index contributed by atoms with van der Waals surface area (Å²) >= 11 is 0. The Morgan fingerprint density at radius 2 is 0.645 bits per heavy atom. The highest BCUT2D eigenvalue weighted by atomic mass is 15.1. The van der Waals surface area contributed by atoms with Crippen molar-refractivity contribution in [1.29, 1.82) is 0 Å². The summed E-state index contributed by atoms with van der Waals surface area (Å²) in [6.45, 7) is 8.11. The van der Waals surface area contributed by atoms with E-state index in [1.165, 1.54) is 43.8 Å². The Hall–Kier alpha value is -8.20. The molecular weight excluding hydrogens is 749 g/mol. The lowest BCUT2D eigenvalue weighted by Crippen LogP contribution is -2.10. The number of rotatable bonds is 11. The van der Waals surface area contributed by atoms with Crippen LogP contribution < -0.4 is 9.80 Å². The van der Waals surface area contributed by atoms with E-state index in [-0.39, 0.29) is 0 Å². The number of nitrogens with zero attached hydrogens (tertiary/aromatic N) is 2. The fourth-order valence-electron chi connectivity index (χ4n) is 8.76. The largest absolute Gasteiger partial charge is 0.310 e. The summed E-state index contributed by atoms with van der Waals surface area (Å²) in [6, 6.07) is 82.8. The Bertz CT molecular complexity index is 3000. The molecule has 0 aliphatic heterocycles. The average Bonchev–Trinajstić information content (AvgIpc) is 3.35. The second-order valence-corrected chi connectivity index (χ2v) is 15.5. The van der Waals surface area contributed by atoms with Crippen LogP contribution in [0.1, 0.15) is 11.1 Å². The molecule has 0 saturated heterocycles. The molecule has 0 atom stereocenters. The summed E-state index contributed by atoms with van der Waals surface area (Å²) in [7, 11) is 0. The van der Waals surface area contributed by atoms with Crippen LogP contribution in [0.15, 0.2) is 244 Å². The molecule has 0 radical (unpaired) electrons. The van der Waals surface area contributed by atoms with Crippen LogP contribution in [0.4, 0.5) is 34.1 Å². The second-order valence-electron chi connectivity index (χ2n) is 15.5. The molecular formula is C60H44N2. The highest BCUT2D eigenvalue weighted by Gasteiger charge is 2.19. The van der Waals surface area contributed by atoms with Crippen LogP contribution in [-0.4, -0.2) is 0 Å². The zero-order valence-corrected chi connectivity index (χ0v) is 34.4. The lowest BCUT2D eigenvalue weighted by molar-refractivity contribution is 1.29. The quantitative estimate of drug-likeness (QED) is 0.129. The van der Waals surface area contributed by atoms with Gasteiger partial charge in [0.2, 0.25) is 0 Å². The van der Waals surface area contributed by atoms with Gasteiger partial charge in [0.05, 0.1) is 11.4 Å². The van der Waals surface area contributed by atoms with Gasteiger partial charge in [0, 0.05) is 33.5 Å². The summed E-state index contributed by atoms with van der Waals surface area (Å²) in [5.41, 5.74) is 15.8. The molecule has 0 heterocycles. The van der Waals surface area contributed by atoms with Gasteiger partial charge in [-0.25, -0.2) is 0 Å². The van der Waals surface area contributed by atoms with Crippen LogP contribution in [-0.2, 0) is 0 Å². The third-order valence-electron chi connectivity index (χ3n) is 11.8. The van der Waals surface area contributed by atoms with E-state index in [2.05, 4.69) is 253 Å². The topological polar surface area (TPSA) is 6.48 Å². The van der Waals surface area contributed by atoms with Crippen molar-refractivity contribution in [3.63, 3.8) is 0 Å². The number of anilines is 6. The van der Waals surface area contributed by atoms with Crippen molar-refractivity contribution in [2.45, 2.75) is 0 Å². The maximum Gasteiger partial charge on any atom is 0.0540 e. The fraction of sp³-hybridized carbons (Fsp3) is 0. The zero-order valence-electron chi connectivity index (χ0n) is 34.4. The molecule has 0 bridgehead atoms. The standard InChI is InChI=1S/C60H44N2/c1-3-43-17-13-23-51(41-43)61(59-31-15-21-45-19-5-7-27-55(45)59)49-37-33-47(34-38-49)53-25-9-11-29-57(53)58-30-12-10-26-54(58)48-35-39-50(40-36-48)62(52-24-14-18-44(4-2)42-52)60-32-16-22-46-20-6-8-28-56(46)60/h3-42H,1-2H2. The van der Waals surface area contributed by atoms with Crippen molar-refractivity contribution in [3.05, 3.63) is 255 Å². The van der Waals surface area contributed by atoms with Crippen molar-refractivity contribution >= 4 is 67.8 Å². The van der Waals surface area contributed by atoms with Gasteiger partial charge in [-0.1, -0.05) is 195 Å². The zero-order chi connectivity index (χ0) is 41.8. The molecule has 10 aromatic carbocycles. The van der Waals surface area contributed by atoms with E-state index in [0.717, 1.165) is 56.4 Å². The van der Waals surface area contributed by atoms with Crippen LogP contribution in [0.5, 0.6) is 0 Å². The molecule has 0 aliphatic rings. The first-order valence-electron chi connectivity index (χ1n) is 21.1. The smallest absolute Gasteiger partial charge is 0.0540 e. The van der Waals surface area contributed by atoms with Gasteiger partial charge >= 0.3 is 0 Å². The first kappa shape index (κ1) is 38.0. The molecule has 62 heavy (non-hydrogen) atoms. The first-order valence-corrected chi connectivity index (χ1v) is 21.1. The highest BCUT2D eigenvalue weighted by Crippen LogP contribution is 2.44. The maximum atomic E-state index is 4.06. The third-order valence-corrected chi connectivity index (χ3v) is 11.8. The normalized spacial score (nSPS) is 11.0. The van der Waals surface area contributed by atoms with E-state index < -0.39 is 0 Å². The molecule has 294 valence electrons. The number of fused-ring (bicyclic) bond motifs is 2. The molecule has 0 N–H and O–H groups in total. The van der Waals surface area contributed by atoms with Gasteiger partial charge in [-0.15, -0.1) is 0 Å². The molecule has 0 unspecified atom stereocenters. The van der Waals surface area contributed by atoms with E-state index in [1.807, 2.05) is 12.2 Å². The maximum absolute atomic E-state index is 4.06. The van der Waals surface area contributed by atoms with E-state index in [1.54, 1.807) is 0 Å². The van der Waals surface area contributed by atoms with Gasteiger partial charge in [0.1, 0.15) is 0 Å². The van der Waals surface area contributed by atoms with Crippen LogP contribution in [0.3, 0.4) is 0 Å². The molecule has 0 amide bonds. The van der Waals surface area contributed by atoms with Crippen molar-refractivity contribution < 1.29 is 0 Å². The molecule has 10 rings (SSSR count). The molecule has 0 aliphatic carbocycles. The van der Waals surface area contributed by atoms with Gasteiger partial charge in [-0.05, 0) is 116 Å². The molecule has 2 nitrogen and oxygen atoms in total. The van der Waals surface area contributed by atoms with Gasteiger partial charge in [0.25, 0.3) is 0 Å². The Balaban J connectivity index is 1.03. The predicted octanol–water partition coefficient (Wildman–Crippen LogP) is 17.2. The highest BCUT2D eigenvalue weighted by molar-refractivity contribution is 6.01. The van der Waals surface area contributed by atoms with Crippen molar-refractivity contribution in [2.24, 2.45) is 0 Å². The minimum absolute atomic E-state index is 1.08. The van der Waals surface area contributed by atoms with Crippen LogP contribution in [0, 0.1) is 0 Å². The Morgan fingerprint density at radius 3 is 1.06 bits per heavy atom. The van der Waals surface area contributed by atoms with Gasteiger partial charge < -0.3 is 9.80 Å². The Morgan fingerprint density at radius 1 is 0.290 bits per heavy atom. The number of hydrogen-bond donors (Lipinski definition) is 0. The van der Waals surface area contributed by atoms with Gasteiger partial charge in [-0.2, -0.15) is 0 Å². The van der Waals surface area contributed by atoms with E-state index in [0.29, 0.717) is 0 Å². The number of hydrogen-bond acceptors (Lipinski definition) is 2. The Kier molecular flexibility index (Phi) is 10.3. The van der Waals surface area contributed by atoms with Crippen LogP contribution in [0.25, 0.3) is 67.1 Å². The predicted molar refractivity (Wildman–Crippen MR) is 267 cm³/mol. The lowest BCUT2D eigenvalue weighted by Gasteiger charge is -2.27. The van der Waals surface area contributed by atoms with Crippen LogP contribution >= 0.6 is 0 Å². The second kappa shape index (κ2) is 16.8. The molecule has 0 aromatic heterocycles. The first-order chi connectivity index (χ1) is 30.7. The molecule has 0 spiro atoms. The monoisotopic (exact) mass is 792 g/mol. The summed E-state index contributed by atoms with van der Waals surface area (Å²) in [5, 5.41) is 4.80. The van der Waals surface area contributed by atoms with Gasteiger partial charge in [0.15, 0.2) is 0 Å². The average molecular weight is 793 g/mol. The van der Waals surface area contributed by atoms with Crippen LogP contribution in [0.2, 0.25) is 0 Å². The van der Waals surface area contributed by atoms with E-state index in [9.17, 15) is 0 Å². The van der Waals surface area contributed by atoms with Crippen molar-refractivity contribution in [1.82, 2.24) is 0 Å². The van der Waals surface area contributed by atoms with Gasteiger partial charge in [-0.3, -0.25) is 0 Å². The molecule has 2 heteroatoms. The lowest BCUT2D eigenvalue weighted by atomic mass is 9.89. The van der Waals surface area contributed by atoms with E-state index in [4.69, 9.17) is 0 Å². The minimum Gasteiger partial charge on any atom is -0.310 e. The molecule has 0 fully saturated rings. The van der Waals surface area contributed by atoms with Crippen molar-refractivity contribution in [2.75, 3.05) is 9.80 Å². The summed E-state index contributed by atoms with van der Waals surface area (Å²) in [4.78, 5) is 4.70. The summed E-state index contributed by atoms with van der Waals surface area (Å²) < 4.78 is 0. The fourth-order valence-corrected chi connectivity index (χ4v) is 8.76. The summed E-state index contributed by atoms with van der Waals surface area (Å²) in [5.74, 6) is 0. The molecule has 0 saturated carbocycles. The summed E-state index contributed by atoms with van der Waals surface area (Å²) in [6.07, 6.45) is 3.81. The number of benzene rings is 10. The SMILES string of the molecule is C=Cc1cccc(N(c2ccc(-c3ccccc3-c3ccccc3-c3ccc(N(c4cccc(C=C)c4)c4cccc5ccccc45)cc3)cc2)c2cccc3ccccc23)c1. The van der Waals surface area contributed by atoms with Crippen molar-refractivity contribution in [3.8, 4) is 33.4 Å². The minimum atomic E-state index is 1.08. The molecule has 10 aromatic rings. The van der Waals surface area contributed by atoms with E-state index >= 15 is 0 Å².